The second kappa shape index (κ2) is 7.82. The van der Waals surface area contributed by atoms with Crippen molar-refractivity contribution in [1.82, 2.24) is 9.29 Å². The zero-order valence-electron chi connectivity index (χ0n) is 16.3. The number of rotatable bonds is 4. The zero-order valence-corrected chi connectivity index (χ0v) is 17.9. The molecule has 3 aromatic rings. The summed E-state index contributed by atoms with van der Waals surface area (Å²) in [5, 5.41) is 0.683. The number of oxazole rings is 1. The molecule has 0 unspecified atom stereocenters. The molecule has 1 fully saturated rings. The molecule has 0 atom stereocenters. The van der Waals surface area contributed by atoms with Crippen LogP contribution >= 0.6 is 11.6 Å². The predicted molar refractivity (Wildman–Crippen MR) is 114 cm³/mol. The molecule has 0 spiro atoms. The van der Waals surface area contributed by atoms with Gasteiger partial charge in [0.25, 0.3) is 0 Å². The number of hydrogen-bond acceptors (Lipinski definition) is 5. The lowest BCUT2D eigenvalue weighted by Gasteiger charge is -2.36. The molecule has 0 radical (unpaired) electrons. The first-order chi connectivity index (χ1) is 13.8. The summed E-state index contributed by atoms with van der Waals surface area (Å²) in [5.41, 5.74) is 2.98. The lowest BCUT2D eigenvalue weighted by Crippen LogP contribution is -2.48. The summed E-state index contributed by atoms with van der Waals surface area (Å²) in [5.74, 6) is 1.20. The summed E-state index contributed by atoms with van der Waals surface area (Å²) in [6.07, 6.45) is 1.63. The van der Waals surface area contributed by atoms with Crippen LogP contribution < -0.4 is 4.90 Å². The van der Waals surface area contributed by atoms with Gasteiger partial charge in [0.15, 0.2) is 11.7 Å². The van der Waals surface area contributed by atoms with Crippen molar-refractivity contribution in [3.05, 3.63) is 65.1 Å². The van der Waals surface area contributed by atoms with E-state index in [2.05, 4.69) is 9.88 Å². The van der Waals surface area contributed by atoms with Crippen molar-refractivity contribution in [2.75, 3.05) is 31.1 Å². The number of benzene rings is 2. The number of sulfonamides is 1. The van der Waals surface area contributed by atoms with Crippen LogP contribution in [-0.4, -0.2) is 43.9 Å². The zero-order chi connectivity index (χ0) is 20.6. The molecule has 8 heteroatoms. The number of hydrogen-bond donors (Lipinski definition) is 0. The minimum absolute atomic E-state index is 0.282. The maximum absolute atomic E-state index is 13.1. The maximum atomic E-state index is 13.1. The third kappa shape index (κ3) is 4.03. The highest BCUT2D eigenvalue weighted by Gasteiger charge is 2.29. The predicted octanol–water partition coefficient (Wildman–Crippen LogP) is 4.12. The van der Waals surface area contributed by atoms with Crippen LogP contribution in [0.2, 0.25) is 5.02 Å². The molecule has 1 saturated heterocycles. The Kier molecular flexibility index (Phi) is 5.38. The molecule has 0 saturated carbocycles. The van der Waals surface area contributed by atoms with Gasteiger partial charge in [-0.1, -0.05) is 17.7 Å². The minimum atomic E-state index is -3.55. The minimum Gasteiger partial charge on any atom is -0.441 e. The van der Waals surface area contributed by atoms with E-state index in [1.54, 1.807) is 37.4 Å². The molecule has 0 amide bonds. The molecule has 0 N–H and O–H groups in total. The van der Waals surface area contributed by atoms with Crippen LogP contribution in [0.25, 0.3) is 11.3 Å². The van der Waals surface area contributed by atoms with Crippen LogP contribution in [0.3, 0.4) is 0 Å². The van der Waals surface area contributed by atoms with Crippen molar-refractivity contribution in [3.63, 3.8) is 0 Å². The largest absolute Gasteiger partial charge is 0.441 e. The second-order valence-corrected chi connectivity index (χ2v) is 9.46. The topological polar surface area (TPSA) is 66.7 Å². The smallest absolute Gasteiger partial charge is 0.243 e. The molecule has 29 heavy (non-hydrogen) atoms. The van der Waals surface area contributed by atoms with Gasteiger partial charge in [0.2, 0.25) is 10.0 Å². The Labute approximate surface area is 175 Å². The molecular weight excluding hydrogens is 410 g/mol. The molecule has 2 heterocycles. The molecule has 2 aromatic carbocycles. The fourth-order valence-electron chi connectivity index (χ4n) is 3.53. The van der Waals surface area contributed by atoms with Crippen LogP contribution in [0.15, 0.2) is 58.0 Å². The fraction of sp³-hybridized carbons (Fsp3) is 0.286. The summed E-state index contributed by atoms with van der Waals surface area (Å²) in [6, 6.07) is 12.5. The average Bonchev–Trinajstić information content (AvgIpc) is 3.16. The Hall–Kier alpha value is -2.35. The molecule has 4 rings (SSSR count). The van der Waals surface area contributed by atoms with Gasteiger partial charge >= 0.3 is 0 Å². The Balaban J connectivity index is 1.48. The van der Waals surface area contributed by atoms with Gasteiger partial charge in [-0.25, -0.2) is 13.4 Å². The van der Waals surface area contributed by atoms with Crippen molar-refractivity contribution >= 4 is 27.3 Å². The summed E-state index contributed by atoms with van der Waals surface area (Å²) in [4.78, 5) is 6.54. The Morgan fingerprint density at radius 1 is 1.00 bits per heavy atom. The molecule has 1 aliphatic rings. The molecule has 1 aliphatic heterocycles. The highest BCUT2D eigenvalue weighted by Crippen LogP contribution is 2.28. The fourth-order valence-corrected chi connectivity index (χ4v) is 5.12. The van der Waals surface area contributed by atoms with Gasteiger partial charge in [-0.15, -0.1) is 0 Å². The van der Waals surface area contributed by atoms with Gasteiger partial charge in [-0.05, 0) is 48.9 Å². The van der Waals surface area contributed by atoms with Crippen LogP contribution in [-0.2, 0) is 10.0 Å². The van der Waals surface area contributed by atoms with E-state index >= 15 is 0 Å². The lowest BCUT2D eigenvalue weighted by molar-refractivity contribution is 0.385. The van der Waals surface area contributed by atoms with Crippen molar-refractivity contribution < 1.29 is 12.8 Å². The van der Waals surface area contributed by atoms with Gasteiger partial charge in [0.1, 0.15) is 0 Å². The average molecular weight is 432 g/mol. The van der Waals surface area contributed by atoms with Gasteiger partial charge in [0, 0.05) is 49.4 Å². The van der Waals surface area contributed by atoms with Crippen molar-refractivity contribution in [1.29, 1.82) is 0 Å². The van der Waals surface area contributed by atoms with Crippen molar-refractivity contribution in [2.24, 2.45) is 0 Å². The number of aryl methyl sites for hydroxylation is 2. The van der Waals surface area contributed by atoms with Crippen molar-refractivity contribution in [2.45, 2.75) is 18.7 Å². The van der Waals surface area contributed by atoms with E-state index in [0.717, 1.165) is 16.8 Å². The molecule has 1 aromatic heterocycles. The van der Waals surface area contributed by atoms with Gasteiger partial charge in [0.05, 0.1) is 11.1 Å². The normalized spacial score (nSPS) is 15.6. The number of piperazine rings is 1. The van der Waals surface area contributed by atoms with E-state index < -0.39 is 10.0 Å². The van der Waals surface area contributed by atoms with Gasteiger partial charge in [-0.2, -0.15) is 4.31 Å². The lowest BCUT2D eigenvalue weighted by atomic mass is 10.1. The Morgan fingerprint density at radius 2 is 1.69 bits per heavy atom. The van der Waals surface area contributed by atoms with Gasteiger partial charge in [-0.3, -0.25) is 0 Å². The van der Waals surface area contributed by atoms with E-state index in [1.807, 2.05) is 25.1 Å². The molecule has 0 bridgehead atoms. The number of anilines is 1. The van der Waals surface area contributed by atoms with Crippen LogP contribution in [0.1, 0.15) is 11.5 Å². The number of halogens is 1. The van der Waals surface area contributed by atoms with E-state index in [1.165, 1.54) is 4.31 Å². The van der Waals surface area contributed by atoms with Crippen LogP contribution in [0.4, 0.5) is 5.69 Å². The third-order valence-corrected chi connectivity index (χ3v) is 7.30. The maximum Gasteiger partial charge on any atom is 0.243 e. The Bertz CT molecular complexity index is 1120. The Morgan fingerprint density at radius 3 is 2.31 bits per heavy atom. The summed E-state index contributed by atoms with van der Waals surface area (Å²) < 4.78 is 33.1. The number of nitrogens with zero attached hydrogens (tertiary/aromatic N) is 3. The molecular formula is C21H22ClN3O3S. The SMILES string of the molecule is Cc1ncc(-c2ccc(S(=O)(=O)N3CCN(c4cc(Cl)ccc4C)CC3)cc2)o1. The number of aromatic nitrogens is 1. The van der Waals surface area contributed by atoms with Gasteiger partial charge < -0.3 is 9.32 Å². The summed E-state index contributed by atoms with van der Waals surface area (Å²) in [7, 11) is -3.55. The standard InChI is InChI=1S/C21H22ClN3O3S/c1-15-3-6-18(22)13-20(15)24-9-11-25(12-10-24)29(26,27)19-7-4-17(5-8-19)21-14-23-16(2)28-21/h3-8,13-14H,9-12H2,1-2H3. The first-order valence-corrected chi connectivity index (χ1v) is 11.2. The molecule has 152 valence electrons. The third-order valence-electron chi connectivity index (χ3n) is 5.15. The molecule has 6 nitrogen and oxygen atoms in total. The van der Waals surface area contributed by atoms with E-state index in [9.17, 15) is 8.42 Å². The van der Waals surface area contributed by atoms with Crippen LogP contribution in [0.5, 0.6) is 0 Å². The van der Waals surface area contributed by atoms with E-state index in [0.29, 0.717) is 42.9 Å². The first-order valence-electron chi connectivity index (χ1n) is 9.39. The summed E-state index contributed by atoms with van der Waals surface area (Å²) >= 11 is 6.13. The van der Waals surface area contributed by atoms with E-state index in [4.69, 9.17) is 16.0 Å². The second-order valence-electron chi connectivity index (χ2n) is 7.09. The van der Waals surface area contributed by atoms with Crippen LogP contribution in [0, 0.1) is 13.8 Å². The highest BCUT2D eigenvalue weighted by molar-refractivity contribution is 7.89. The van der Waals surface area contributed by atoms with Crippen molar-refractivity contribution in [3.8, 4) is 11.3 Å². The first kappa shape index (κ1) is 19.9. The van der Waals surface area contributed by atoms with E-state index in [-0.39, 0.29) is 4.90 Å². The quantitative estimate of drug-likeness (QED) is 0.621. The summed E-state index contributed by atoms with van der Waals surface area (Å²) in [6.45, 7) is 5.90. The molecule has 0 aliphatic carbocycles. The monoisotopic (exact) mass is 431 g/mol. The highest BCUT2D eigenvalue weighted by atomic mass is 35.5.